The van der Waals surface area contributed by atoms with Crippen LogP contribution in [0.1, 0.15) is 26.4 Å². The molecule has 0 aliphatic heterocycles. The Hall–Kier alpha value is -2.61. The fourth-order valence-electron chi connectivity index (χ4n) is 2.62. The maximum Gasteiger partial charge on any atom is 0.274 e. The lowest BCUT2D eigenvalue weighted by molar-refractivity contribution is -0.289. The first-order chi connectivity index (χ1) is 13.3. The fourth-order valence-corrected chi connectivity index (χ4v) is 3.29. The molecule has 144 valence electrons. The van der Waals surface area contributed by atoms with Gasteiger partial charge in [-0.15, -0.1) is 0 Å². The van der Waals surface area contributed by atoms with Crippen LogP contribution < -0.4 is 10.6 Å². The largest absolute Gasteiger partial charge is 0.355 e. The topological polar surface area (TPSA) is 88.9 Å². The minimum atomic E-state index is -0.532. The van der Waals surface area contributed by atoms with Crippen molar-refractivity contribution >= 4 is 40.7 Å². The van der Waals surface area contributed by atoms with Crippen LogP contribution in [0.2, 0.25) is 15.2 Å². The van der Waals surface area contributed by atoms with Gasteiger partial charge >= 0.3 is 0 Å². The van der Waals surface area contributed by atoms with Gasteiger partial charge in [0.25, 0.3) is 16.8 Å². The lowest BCUT2D eigenvalue weighted by Crippen LogP contribution is -2.23. The van der Waals surface area contributed by atoms with E-state index in [0.29, 0.717) is 27.1 Å². The lowest BCUT2D eigenvalue weighted by atomic mass is 10.1. The first-order valence-electron chi connectivity index (χ1n) is 8.03. The highest BCUT2D eigenvalue weighted by molar-refractivity contribution is 6.31. The molecule has 0 aliphatic rings. The van der Waals surface area contributed by atoms with Crippen LogP contribution in [0.5, 0.6) is 0 Å². The van der Waals surface area contributed by atoms with Crippen molar-refractivity contribution in [2.45, 2.75) is 6.92 Å². The highest BCUT2D eigenvalue weighted by atomic mass is 35.5. The maximum absolute atomic E-state index is 13.0. The van der Waals surface area contributed by atoms with E-state index in [-0.39, 0.29) is 22.3 Å². The van der Waals surface area contributed by atoms with Crippen LogP contribution in [-0.2, 0) is 0 Å². The van der Waals surface area contributed by atoms with Crippen molar-refractivity contribution in [2.75, 3.05) is 12.4 Å². The van der Waals surface area contributed by atoms with Crippen molar-refractivity contribution in [1.82, 2.24) is 20.1 Å². The Balaban J connectivity index is 2.05. The van der Waals surface area contributed by atoms with Crippen LogP contribution in [0.3, 0.4) is 0 Å². The molecule has 0 radical (unpaired) electrons. The van der Waals surface area contributed by atoms with Gasteiger partial charge in [-0.3, -0.25) is 9.59 Å². The number of nitrogens with one attached hydrogen (secondary N) is 2. The van der Waals surface area contributed by atoms with Crippen molar-refractivity contribution in [3.8, 4) is 5.82 Å². The number of benzene rings is 1. The Kier molecular flexibility index (Phi) is 5.88. The van der Waals surface area contributed by atoms with E-state index in [1.165, 1.54) is 30.1 Å². The van der Waals surface area contributed by atoms with Gasteiger partial charge in [0.05, 0.1) is 11.3 Å². The van der Waals surface area contributed by atoms with Crippen LogP contribution in [0, 0.1) is 18.5 Å². The third-order valence-electron chi connectivity index (χ3n) is 3.87. The fraction of sp³-hybridized carbons (Fsp3) is 0.111. The SMILES string of the molecule is CNC(=O)c1cc(Cl)cc(C)c1NC(=O)c1cc(Cl)nn1-c1ncccc1[ClH+]. The summed E-state index contributed by atoms with van der Waals surface area (Å²) in [4.78, 5) is 29.4. The number of halogens is 3. The van der Waals surface area contributed by atoms with E-state index in [0.717, 1.165) is 0 Å². The van der Waals surface area contributed by atoms with Crippen LogP contribution >= 0.6 is 23.2 Å². The van der Waals surface area contributed by atoms with Gasteiger partial charge in [-0.2, -0.15) is 5.10 Å². The number of pyridine rings is 1. The summed E-state index contributed by atoms with van der Waals surface area (Å²) in [7, 11) is 1.49. The number of anilines is 1. The first kappa shape index (κ1) is 20.1. The van der Waals surface area contributed by atoms with Crippen molar-refractivity contribution in [2.24, 2.45) is 0 Å². The molecule has 2 aromatic heterocycles. The summed E-state index contributed by atoms with van der Waals surface area (Å²) in [5.41, 5.74) is 1.31. The molecule has 0 bridgehead atoms. The number of hydrogen-bond donors (Lipinski definition) is 2. The van der Waals surface area contributed by atoms with Crippen LogP contribution in [0.25, 0.3) is 5.82 Å². The van der Waals surface area contributed by atoms with Crippen molar-refractivity contribution in [1.29, 1.82) is 0 Å². The number of rotatable bonds is 4. The molecular weight excluding hydrogens is 425 g/mol. The third-order valence-corrected chi connectivity index (χ3v) is 4.60. The average Bonchev–Trinajstić information content (AvgIpc) is 3.05. The van der Waals surface area contributed by atoms with Gasteiger partial charge in [0.1, 0.15) is 5.69 Å². The van der Waals surface area contributed by atoms with Crippen LogP contribution in [0.4, 0.5) is 5.69 Å². The second-order valence-corrected chi connectivity index (χ2v) is 7.03. The zero-order valence-electron chi connectivity index (χ0n) is 14.8. The first-order valence-corrected chi connectivity index (χ1v) is 9.19. The van der Waals surface area contributed by atoms with E-state index in [4.69, 9.17) is 34.8 Å². The molecule has 1 aromatic carbocycles. The normalized spacial score (nSPS) is 10.6. The molecule has 10 heteroatoms. The number of carbonyl (C=O) groups excluding carboxylic acids is 2. The standard InChI is InChI=1S/C18H14Cl3N5O2/c1-9-6-10(19)7-11(17(27)22-2)15(9)24-18(28)13-8-14(21)25-26(13)16-12(20)4-3-5-23-16/h3-8,20H,1-2H3,(H-,22,24,27,28)/p+1. The Bertz CT molecular complexity index is 1080. The Morgan fingerprint density at radius 3 is 2.61 bits per heavy atom. The van der Waals surface area contributed by atoms with E-state index in [2.05, 4.69) is 20.7 Å². The zero-order chi connectivity index (χ0) is 20.4. The Labute approximate surface area is 175 Å². The van der Waals surface area contributed by atoms with Gasteiger partial charge in [-0.25, -0.2) is 9.67 Å². The summed E-state index contributed by atoms with van der Waals surface area (Å²) in [5, 5.41) is 10.3. The second kappa shape index (κ2) is 8.18. The van der Waals surface area contributed by atoms with Gasteiger partial charge in [-0.05, 0) is 30.7 Å². The molecular formula is C18H15Cl3N5O2+. The predicted molar refractivity (Wildman–Crippen MR) is 104 cm³/mol. The molecule has 2 amide bonds. The van der Waals surface area contributed by atoms with Crippen molar-refractivity contribution in [3.63, 3.8) is 0 Å². The molecule has 0 atom stereocenters. The molecule has 3 aromatic rings. The van der Waals surface area contributed by atoms with E-state index in [9.17, 15) is 9.59 Å². The van der Waals surface area contributed by atoms with Crippen molar-refractivity contribution in [3.05, 3.63) is 68.5 Å². The average molecular weight is 440 g/mol. The molecule has 0 unspecified atom stereocenters. The van der Waals surface area contributed by atoms with Gasteiger partial charge in [0.2, 0.25) is 5.82 Å². The van der Waals surface area contributed by atoms with E-state index < -0.39 is 5.91 Å². The summed E-state index contributed by atoms with van der Waals surface area (Å²) >= 11 is 17.3. The molecule has 28 heavy (non-hydrogen) atoms. The van der Waals surface area contributed by atoms with Gasteiger partial charge in [0.15, 0.2) is 16.8 Å². The predicted octanol–water partition coefficient (Wildman–Crippen LogP) is 3.19. The second-order valence-electron chi connectivity index (χ2n) is 5.77. The van der Waals surface area contributed by atoms with Crippen LogP contribution in [0.15, 0.2) is 36.5 Å². The molecule has 7 nitrogen and oxygen atoms in total. The van der Waals surface area contributed by atoms with Gasteiger partial charge < -0.3 is 10.6 Å². The summed E-state index contributed by atoms with van der Waals surface area (Å²) in [6.07, 6.45) is 1.54. The summed E-state index contributed by atoms with van der Waals surface area (Å²) in [6.45, 7) is 1.73. The van der Waals surface area contributed by atoms with Gasteiger partial charge in [-0.1, -0.05) is 23.2 Å². The molecule has 3 rings (SSSR count). The number of aromatic nitrogens is 3. The molecule has 0 aliphatic carbocycles. The molecule has 2 N–H and O–H groups in total. The number of aryl methyl sites for hydroxylation is 1. The minimum absolute atomic E-state index is 0.101. The number of carbonyl (C=O) groups is 2. The highest BCUT2D eigenvalue weighted by Crippen LogP contribution is 2.27. The van der Waals surface area contributed by atoms with E-state index >= 15 is 0 Å². The van der Waals surface area contributed by atoms with Crippen LogP contribution in [-0.4, -0.2) is 33.6 Å². The molecule has 0 saturated carbocycles. The maximum atomic E-state index is 13.0. The molecule has 2 heterocycles. The van der Waals surface area contributed by atoms with E-state index in [1.807, 2.05) is 0 Å². The summed E-state index contributed by atoms with van der Waals surface area (Å²) in [6, 6.07) is 7.87. The monoisotopic (exact) mass is 438 g/mol. The third kappa shape index (κ3) is 3.96. The summed E-state index contributed by atoms with van der Waals surface area (Å²) < 4.78 is 1.27. The Morgan fingerprint density at radius 2 is 1.93 bits per heavy atom. The molecule has 0 saturated heterocycles. The lowest BCUT2D eigenvalue weighted by Gasteiger charge is -2.14. The number of amides is 2. The quantitative estimate of drug-likeness (QED) is 0.653. The van der Waals surface area contributed by atoms with Crippen molar-refractivity contribution < 1.29 is 21.2 Å². The summed E-state index contributed by atoms with van der Waals surface area (Å²) in [5.74, 6) is -0.617. The minimum Gasteiger partial charge on any atom is -0.355 e. The zero-order valence-corrected chi connectivity index (χ0v) is 17.1. The molecule has 0 spiro atoms. The smallest absolute Gasteiger partial charge is 0.274 e. The molecule has 0 fully saturated rings. The number of hydrogen-bond acceptors (Lipinski definition) is 4. The number of nitrogens with zero attached hydrogens (tertiary/aromatic N) is 3. The highest BCUT2D eigenvalue weighted by Gasteiger charge is 2.23. The van der Waals surface area contributed by atoms with Gasteiger partial charge in [0, 0.05) is 30.4 Å². The Morgan fingerprint density at radius 1 is 1.18 bits per heavy atom. The van der Waals surface area contributed by atoms with E-state index in [1.54, 1.807) is 25.1 Å².